The fourth-order valence-electron chi connectivity index (χ4n) is 8.98. The van der Waals surface area contributed by atoms with Gasteiger partial charge in [0.2, 0.25) is 0 Å². The Morgan fingerprint density at radius 1 is 0.377 bits per heavy atom. The van der Waals surface area contributed by atoms with Gasteiger partial charge >= 0.3 is 0 Å². The lowest BCUT2D eigenvalue weighted by molar-refractivity contribution is 0.668. The van der Waals surface area contributed by atoms with E-state index in [0.717, 1.165) is 109 Å². The van der Waals surface area contributed by atoms with Crippen LogP contribution in [0.5, 0.6) is 0 Å². The molecule has 0 bridgehead atoms. The number of nitrogens with zero attached hydrogens (tertiary/aromatic N) is 5. The van der Waals surface area contributed by atoms with Crippen molar-refractivity contribution in [2.24, 2.45) is 0 Å². The van der Waals surface area contributed by atoms with E-state index in [9.17, 15) is 0 Å². The number of thiophene rings is 1. The van der Waals surface area contributed by atoms with Gasteiger partial charge in [-0.1, -0.05) is 109 Å². The number of anilines is 6. The van der Waals surface area contributed by atoms with Gasteiger partial charge in [-0.15, -0.1) is 21.5 Å². The lowest BCUT2D eigenvalue weighted by Gasteiger charge is -2.27. The Morgan fingerprint density at radius 2 is 0.852 bits per heavy atom. The monoisotopic (exact) mass is 801 g/mol. The van der Waals surface area contributed by atoms with Gasteiger partial charge in [-0.3, -0.25) is 4.90 Å². The van der Waals surface area contributed by atoms with Crippen molar-refractivity contribution < 1.29 is 8.83 Å². The zero-order valence-corrected chi connectivity index (χ0v) is 33.2. The van der Waals surface area contributed by atoms with Crippen LogP contribution in [0, 0.1) is 0 Å². The Balaban J connectivity index is 0.981. The molecule has 13 aromatic rings. The normalized spacial score (nSPS) is 11.9. The Kier molecular flexibility index (Phi) is 7.34. The Morgan fingerprint density at radius 3 is 1.48 bits per heavy atom. The van der Waals surface area contributed by atoms with Crippen LogP contribution in [0.2, 0.25) is 0 Å². The minimum absolute atomic E-state index is 0.475. The molecule has 61 heavy (non-hydrogen) atoms. The number of aromatic nitrogens is 3. The first-order valence-electron chi connectivity index (χ1n) is 20.2. The molecule has 0 aliphatic carbocycles. The summed E-state index contributed by atoms with van der Waals surface area (Å²) >= 11 is 1.62. The molecule has 0 radical (unpaired) electrons. The van der Waals surface area contributed by atoms with E-state index in [4.69, 9.17) is 24.0 Å². The summed E-state index contributed by atoms with van der Waals surface area (Å²) in [6.07, 6.45) is 0. The number of hydrogen-bond donors (Lipinski definition) is 0. The predicted octanol–water partition coefficient (Wildman–Crippen LogP) is 15.3. The molecule has 0 fully saturated rings. The quantitative estimate of drug-likeness (QED) is 0.166. The molecule has 0 atom stereocenters. The first kappa shape index (κ1) is 33.9. The average Bonchev–Trinajstić information content (AvgIpc) is 3.99. The van der Waals surface area contributed by atoms with Crippen LogP contribution >= 0.6 is 11.3 Å². The van der Waals surface area contributed by atoms with Gasteiger partial charge in [0.15, 0.2) is 0 Å². The van der Waals surface area contributed by atoms with Crippen molar-refractivity contribution in [3.8, 4) is 0 Å². The minimum Gasteiger partial charge on any atom is -0.456 e. The van der Waals surface area contributed by atoms with Crippen LogP contribution in [0.1, 0.15) is 0 Å². The second-order valence-corrected chi connectivity index (χ2v) is 16.3. The Bertz CT molecular complexity index is 3620. The van der Waals surface area contributed by atoms with E-state index in [1.807, 2.05) is 30.3 Å². The fourth-order valence-corrected chi connectivity index (χ4v) is 10.0. The molecule has 0 amide bonds. The Hall–Kier alpha value is -8.07. The largest absolute Gasteiger partial charge is 0.456 e. The number of fused-ring (bicyclic) bond motifs is 11. The summed E-state index contributed by atoms with van der Waals surface area (Å²) in [7, 11) is 0. The van der Waals surface area contributed by atoms with Gasteiger partial charge < -0.3 is 13.7 Å². The molecule has 0 aliphatic heterocycles. The van der Waals surface area contributed by atoms with Crippen molar-refractivity contribution >= 4 is 132 Å². The smallest absolute Gasteiger partial charge is 0.255 e. The van der Waals surface area contributed by atoms with Crippen LogP contribution in [0.25, 0.3) is 85.9 Å². The lowest BCUT2D eigenvalue weighted by atomic mass is 10.1. The highest BCUT2D eigenvalue weighted by atomic mass is 32.1. The van der Waals surface area contributed by atoms with Gasteiger partial charge in [0.1, 0.15) is 32.7 Å². The molecule has 9 aromatic carbocycles. The number of hydrogen-bond acceptors (Lipinski definition) is 8. The molecule has 0 spiro atoms. The summed E-state index contributed by atoms with van der Waals surface area (Å²) in [5, 5.41) is 19.6. The Labute approximate surface area is 351 Å². The summed E-state index contributed by atoms with van der Waals surface area (Å²) in [5.74, 6) is 0.475. The predicted molar refractivity (Wildman–Crippen MR) is 252 cm³/mol. The summed E-state index contributed by atoms with van der Waals surface area (Å²) < 4.78 is 13.8. The van der Waals surface area contributed by atoms with E-state index in [-0.39, 0.29) is 0 Å². The highest BCUT2D eigenvalue weighted by Crippen LogP contribution is 2.45. The topological polar surface area (TPSA) is 71.4 Å². The van der Waals surface area contributed by atoms with Gasteiger partial charge in [0.25, 0.3) is 5.95 Å². The molecule has 0 aliphatic rings. The van der Waals surface area contributed by atoms with Gasteiger partial charge in [-0.25, -0.2) is 0 Å². The second kappa shape index (κ2) is 13.2. The number of rotatable bonds is 6. The van der Waals surface area contributed by atoms with Crippen LogP contribution in [0.3, 0.4) is 0 Å². The van der Waals surface area contributed by atoms with Crippen molar-refractivity contribution in [1.29, 1.82) is 0 Å². The first-order chi connectivity index (χ1) is 30.2. The van der Waals surface area contributed by atoms with Crippen LogP contribution in [-0.2, 0) is 0 Å². The standard InChI is InChI=1S/C53H31N5O2S/c1-3-15-37-32(11-1)13-9-19-44(37)57(34-23-26-41-39-17-5-7-21-46(39)59-48(41)29-34)36-25-28-43-50(31-36)61-52-51(43)55-56-53(54-52)58(45-20-10-14-33-12-2-4-16-38(33)45)35-24-27-42-40-18-6-8-22-47(40)60-49(42)30-35/h1-31H. The summed E-state index contributed by atoms with van der Waals surface area (Å²) in [5.41, 5.74) is 9.03. The fraction of sp³-hybridized carbons (Fsp3) is 0. The van der Waals surface area contributed by atoms with Crippen molar-refractivity contribution in [2.45, 2.75) is 0 Å². The van der Waals surface area contributed by atoms with Crippen LogP contribution in [0.4, 0.5) is 34.4 Å². The van der Waals surface area contributed by atoms with Gasteiger partial charge in [-0.2, -0.15) is 4.98 Å². The summed E-state index contributed by atoms with van der Waals surface area (Å²) in [6, 6.07) is 65.4. The first-order valence-corrected chi connectivity index (χ1v) is 21.0. The van der Waals surface area contributed by atoms with Crippen molar-refractivity contribution in [3.05, 3.63) is 188 Å². The molecule has 0 saturated heterocycles. The van der Waals surface area contributed by atoms with Crippen LogP contribution < -0.4 is 9.80 Å². The number of furan rings is 2. The maximum Gasteiger partial charge on any atom is 0.255 e. The molecule has 7 nitrogen and oxygen atoms in total. The van der Waals surface area contributed by atoms with Gasteiger partial charge in [-0.05, 0) is 77.5 Å². The SMILES string of the molecule is c1ccc2c(N(c3ccc4c(c3)oc3ccccc34)c3ccc4c(c3)sc3nc(N(c5ccc6c(c5)oc5ccccc56)c5cccc6ccccc56)nnc34)cccc2c1. The zero-order valence-electron chi connectivity index (χ0n) is 32.4. The van der Waals surface area contributed by atoms with E-state index in [2.05, 4.69) is 168 Å². The molecule has 0 N–H and O–H groups in total. The third kappa shape index (κ3) is 5.32. The molecule has 4 aromatic heterocycles. The summed E-state index contributed by atoms with van der Waals surface area (Å²) in [4.78, 5) is 10.5. The minimum atomic E-state index is 0.475. The van der Waals surface area contributed by atoms with E-state index >= 15 is 0 Å². The van der Waals surface area contributed by atoms with Crippen molar-refractivity contribution in [1.82, 2.24) is 15.2 Å². The molecular formula is C53H31N5O2S. The third-order valence-electron chi connectivity index (χ3n) is 11.8. The molecule has 4 heterocycles. The second-order valence-electron chi connectivity index (χ2n) is 15.3. The van der Waals surface area contributed by atoms with E-state index < -0.39 is 0 Å². The summed E-state index contributed by atoms with van der Waals surface area (Å²) in [6.45, 7) is 0. The molecule has 8 heteroatoms. The molecule has 0 saturated carbocycles. The van der Waals surface area contributed by atoms with Gasteiger partial charge in [0.05, 0.1) is 17.1 Å². The molecule has 13 rings (SSSR count). The highest BCUT2D eigenvalue weighted by Gasteiger charge is 2.23. The van der Waals surface area contributed by atoms with E-state index in [1.165, 1.54) is 5.39 Å². The van der Waals surface area contributed by atoms with E-state index in [1.54, 1.807) is 11.3 Å². The van der Waals surface area contributed by atoms with Crippen molar-refractivity contribution in [2.75, 3.05) is 9.80 Å². The molecule has 0 unspecified atom stereocenters. The third-order valence-corrected chi connectivity index (χ3v) is 12.8. The highest BCUT2D eigenvalue weighted by molar-refractivity contribution is 7.25. The average molecular weight is 802 g/mol. The number of benzene rings is 9. The van der Waals surface area contributed by atoms with Crippen LogP contribution in [0.15, 0.2) is 197 Å². The maximum absolute atomic E-state index is 6.41. The molecule has 286 valence electrons. The zero-order chi connectivity index (χ0) is 40.0. The van der Waals surface area contributed by atoms with Gasteiger partial charge in [0, 0.05) is 65.9 Å². The van der Waals surface area contributed by atoms with Crippen LogP contribution in [-0.4, -0.2) is 15.2 Å². The molecular weight excluding hydrogens is 771 g/mol. The maximum atomic E-state index is 6.41. The van der Waals surface area contributed by atoms with E-state index in [0.29, 0.717) is 5.95 Å². The lowest BCUT2D eigenvalue weighted by Crippen LogP contribution is -2.14. The van der Waals surface area contributed by atoms with Crippen molar-refractivity contribution in [3.63, 3.8) is 0 Å². The number of para-hydroxylation sites is 2.